The van der Waals surface area contributed by atoms with Crippen molar-refractivity contribution in [1.29, 1.82) is 0 Å². The molecule has 0 unspecified atom stereocenters. The van der Waals surface area contributed by atoms with E-state index in [1.807, 2.05) is 0 Å². The van der Waals surface area contributed by atoms with Crippen LogP contribution < -0.4 is 27.0 Å². The van der Waals surface area contributed by atoms with Crippen molar-refractivity contribution >= 4 is 37.7 Å². The highest BCUT2D eigenvalue weighted by atomic mass is 31.2. The highest BCUT2D eigenvalue weighted by Crippen LogP contribution is 2.35. The quantitative estimate of drug-likeness (QED) is 0.0887. The smallest absolute Gasteiger partial charge is 0.348 e. The number of aromatic amines is 1. The molecule has 1 aromatic heterocycles. The molecular weight excluding hydrogens is 489 g/mol. The maximum absolute atomic E-state index is 12.9. The lowest BCUT2D eigenvalue weighted by molar-refractivity contribution is -0.134. The van der Waals surface area contributed by atoms with E-state index in [0.717, 1.165) is 0 Å². The van der Waals surface area contributed by atoms with E-state index in [0.29, 0.717) is 12.0 Å². The van der Waals surface area contributed by atoms with Crippen LogP contribution in [-0.2, 0) is 39.5 Å². The summed E-state index contributed by atoms with van der Waals surface area (Å²) in [6.07, 6.45) is 3.14. The van der Waals surface area contributed by atoms with Gasteiger partial charge in [-0.2, -0.15) is 0 Å². The zero-order chi connectivity index (χ0) is 26.8. The first-order valence-electron chi connectivity index (χ1n) is 10.3. The highest BCUT2D eigenvalue weighted by Gasteiger charge is 2.31. The number of nitrogens with two attached hydrogens (primary N) is 1. The van der Waals surface area contributed by atoms with Gasteiger partial charge in [-0.1, -0.05) is 0 Å². The Bertz CT molecular complexity index is 935. The largest absolute Gasteiger partial charge is 0.469 e. The van der Waals surface area contributed by atoms with E-state index in [4.69, 9.17) is 15.5 Å². The first kappa shape index (κ1) is 29.9. The maximum atomic E-state index is 12.9. The number of hydrogen-bond acceptors (Lipinski definition) is 9. The molecule has 1 rings (SSSR count). The predicted octanol–water partition coefficient (Wildman–Crippen LogP) is -3.41. The summed E-state index contributed by atoms with van der Waals surface area (Å²) < 4.78 is 15.5. The molecule has 1 aromatic rings. The third-order valence-corrected chi connectivity index (χ3v) is 4.88. The molecule has 4 amide bonds. The number of H-pyrrole nitrogens is 1. The number of nitrogens with one attached hydrogen (secondary N) is 5. The van der Waals surface area contributed by atoms with E-state index in [1.54, 1.807) is 0 Å². The number of hydrogen-bond donors (Lipinski definition) is 8. The van der Waals surface area contributed by atoms with E-state index in [2.05, 4.69) is 35.8 Å². The Kier molecular flexibility index (Phi) is 11.6. The topological polar surface area (TPSA) is 255 Å². The molecule has 0 spiro atoms. The summed E-state index contributed by atoms with van der Waals surface area (Å²) in [7, 11) is -5.03. The molecule has 35 heavy (non-hydrogen) atoms. The molecule has 0 fully saturated rings. The fourth-order valence-electron chi connectivity index (χ4n) is 2.52. The van der Waals surface area contributed by atoms with Gasteiger partial charge in [-0.25, -0.2) is 9.55 Å². The van der Waals surface area contributed by atoms with Crippen LogP contribution in [0.1, 0.15) is 26.5 Å². The summed E-state index contributed by atoms with van der Waals surface area (Å²) in [6, 6.07) is -5.90. The van der Waals surface area contributed by atoms with Crippen LogP contribution >= 0.6 is 7.82 Å². The van der Waals surface area contributed by atoms with Crippen LogP contribution in [0, 0.1) is 0 Å². The summed E-state index contributed by atoms with van der Waals surface area (Å²) in [5.74, 6) is -3.33. The third-order valence-electron chi connectivity index (χ3n) is 4.39. The molecule has 0 saturated heterocycles. The van der Waals surface area contributed by atoms with Gasteiger partial charge in [0.15, 0.2) is 0 Å². The Morgan fingerprint density at radius 2 is 1.66 bits per heavy atom. The van der Waals surface area contributed by atoms with Crippen LogP contribution in [0.2, 0.25) is 0 Å². The molecule has 5 atom stereocenters. The molecular formula is C18H30N7O9P. The van der Waals surface area contributed by atoms with Gasteiger partial charge in [-0.15, -0.1) is 0 Å². The molecule has 1 heterocycles. The van der Waals surface area contributed by atoms with Crippen LogP contribution in [0.25, 0.3) is 0 Å². The zero-order valence-electron chi connectivity index (χ0n) is 19.3. The minimum absolute atomic E-state index is 0.0830. The van der Waals surface area contributed by atoms with Gasteiger partial charge in [-0.3, -0.25) is 23.7 Å². The Hall–Kier alpha value is -3.17. The number of phosphoric acid groups is 1. The number of rotatable bonds is 14. The van der Waals surface area contributed by atoms with Crippen molar-refractivity contribution < 1.29 is 42.8 Å². The SMILES string of the molecule is C[C@H](N)C(=O)N[C@@H](Cc1cnc[nH]1)C(=O)N[C@@H](COP(=O)(O)O)C(=O)N[C@@H](C)C(=O)N[C@@H](C)C=O. The molecule has 196 valence electrons. The third kappa shape index (κ3) is 11.2. The number of amides is 4. The molecule has 0 aliphatic carbocycles. The van der Waals surface area contributed by atoms with E-state index >= 15 is 0 Å². The van der Waals surface area contributed by atoms with Gasteiger partial charge in [0.2, 0.25) is 23.6 Å². The first-order valence-corrected chi connectivity index (χ1v) is 11.9. The second-order valence-electron chi connectivity index (χ2n) is 7.64. The van der Waals surface area contributed by atoms with Crippen molar-refractivity contribution in [3.63, 3.8) is 0 Å². The van der Waals surface area contributed by atoms with Gasteiger partial charge >= 0.3 is 7.82 Å². The average molecular weight is 519 g/mol. The standard InChI is InChI=1S/C18H30N7O9P/c1-9(6-26)22-16(28)11(3)23-18(30)14(7-34-35(31,32)33)25-17(29)13(24-15(27)10(2)19)4-12-5-20-8-21-12/h5-6,8-11,13-14H,4,7,19H2,1-3H3,(H,20,21)(H,22,28)(H,23,30)(H,24,27)(H,25,29)(H2,31,32,33)/t9-,10-,11-,13-,14-/m0/s1. The Balaban J connectivity index is 3.03. The first-order chi connectivity index (χ1) is 16.2. The minimum Gasteiger partial charge on any atom is -0.348 e. The summed E-state index contributed by atoms with van der Waals surface area (Å²) in [6.45, 7) is 3.13. The van der Waals surface area contributed by atoms with Crippen molar-refractivity contribution in [3.8, 4) is 0 Å². The van der Waals surface area contributed by atoms with E-state index in [9.17, 15) is 28.5 Å². The van der Waals surface area contributed by atoms with Crippen LogP contribution in [0.3, 0.4) is 0 Å². The van der Waals surface area contributed by atoms with Crippen LogP contribution in [0.4, 0.5) is 0 Å². The number of carbonyl (C=O) groups excluding carboxylic acids is 5. The van der Waals surface area contributed by atoms with Gasteiger partial charge in [0.1, 0.15) is 24.4 Å². The van der Waals surface area contributed by atoms with Gasteiger partial charge in [0.05, 0.1) is 25.0 Å². The highest BCUT2D eigenvalue weighted by molar-refractivity contribution is 7.46. The predicted molar refractivity (Wildman–Crippen MR) is 119 cm³/mol. The number of imidazole rings is 1. The average Bonchev–Trinajstić information content (AvgIpc) is 3.27. The second kappa shape index (κ2) is 13.7. The van der Waals surface area contributed by atoms with Crippen molar-refractivity contribution in [2.24, 2.45) is 5.73 Å². The van der Waals surface area contributed by atoms with Gasteiger partial charge < -0.3 is 46.6 Å². The number of aldehydes is 1. The van der Waals surface area contributed by atoms with E-state index < -0.39 is 68.3 Å². The summed E-state index contributed by atoms with van der Waals surface area (Å²) in [5, 5.41) is 9.23. The van der Waals surface area contributed by atoms with Crippen molar-refractivity contribution in [2.75, 3.05) is 6.61 Å². The van der Waals surface area contributed by atoms with Crippen molar-refractivity contribution in [1.82, 2.24) is 31.2 Å². The molecule has 0 bridgehead atoms. The van der Waals surface area contributed by atoms with Crippen molar-refractivity contribution in [2.45, 2.75) is 57.4 Å². The molecule has 17 heteroatoms. The molecule has 0 aromatic carbocycles. The lowest BCUT2D eigenvalue weighted by Crippen LogP contribution is -2.59. The maximum Gasteiger partial charge on any atom is 0.469 e. The fourth-order valence-corrected chi connectivity index (χ4v) is 2.86. The normalized spacial score (nSPS) is 15.6. The molecule has 9 N–H and O–H groups in total. The Labute approximate surface area is 200 Å². The molecule has 16 nitrogen and oxygen atoms in total. The van der Waals surface area contributed by atoms with Gasteiger partial charge in [0.25, 0.3) is 0 Å². The van der Waals surface area contributed by atoms with Gasteiger partial charge in [0, 0.05) is 18.3 Å². The summed E-state index contributed by atoms with van der Waals surface area (Å²) >= 11 is 0. The second-order valence-corrected chi connectivity index (χ2v) is 8.88. The van der Waals surface area contributed by atoms with Crippen LogP contribution in [0.15, 0.2) is 12.5 Å². The number of phosphoric ester groups is 1. The Morgan fingerprint density at radius 3 is 2.17 bits per heavy atom. The van der Waals surface area contributed by atoms with Crippen molar-refractivity contribution in [3.05, 3.63) is 18.2 Å². The minimum atomic E-state index is -5.03. The van der Waals surface area contributed by atoms with Crippen LogP contribution in [0.5, 0.6) is 0 Å². The van der Waals surface area contributed by atoms with E-state index in [1.165, 1.54) is 33.3 Å². The lowest BCUT2D eigenvalue weighted by Gasteiger charge is -2.24. The van der Waals surface area contributed by atoms with Crippen LogP contribution in [-0.4, -0.2) is 86.5 Å². The molecule has 0 radical (unpaired) electrons. The summed E-state index contributed by atoms with van der Waals surface area (Å²) in [4.78, 5) is 85.1. The van der Waals surface area contributed by atoms with Gasteiger partial charge in [-0.05, 0) is 20.8 Å². The zero-order valence-corrected chi connectivity index (χ0v) is 20.2. The number of aromatic nitrogens is 2. The molecule has 0 saturated carbocycles. The molecule has 0 aliphatic rings. The monoisotopic (exact) mass is 519 g/mol. The Morgan fingerprint density at radius 1 is 1.06 bits per heavy atom. The van der Waals surface area contributed by atoms with E-state index in [-0.39, 0.29) is 6.42 Å². The fraction of sp³-hybridized carbons (Fsp3) is 0.556. The number of carbonyl (C=O) groups is 5. The number of nitrogens with zero attached hydrogens (tertiary/aromatic N) is 1. The molecule has 0 aliphatic heterocycles. The lowest BCUT2D eigenvalue weighted by atomic mass is 10.1. The summed E-state index contributed by atoms with van der Waals surface area (Å²) in [5.41, 5.74) is 5.99.